The molecule has 2 aromatic rings. The second-order valence-corrected chi connectivity index (χ2v) is 5.47. The van der Waals surface area contributed by atoms with Crippen LogP contribution in [0.5, 0.6) is 0 Å². The third kappa shape index (κ3) is 3.66. The Kier molecular flexibility index (Phi) is 5.30. The molecule has 0 aliphatic carbocycles. The number of nitro groups is 1. The van der Waals surface area contributed by atoms with Gasteiger partial charge in [0.2, 0.25) is 0 Å². The lowest BCUT2D eigenvalue weighted by molar-refractivity contribution is -0.384. The van der Waals surface area contributed by atoms with E-state index in [1.807, 2.05) is 7.05 Å². The fourth-order valence-electron chi connectivity index (χ4n) is 2.57. The van der Waals surface area contributed by atoms with Crippen molar-refractivity contribution < 1.29 is 9.45 Å². The first-order chi connectivity index (χ1) is 10.5. The summed E-state index contributed by atoms with van der Waals surface area (Å²) in [5.41, 5.74) is 1.36. The van der Waals surface area contributed by atoms with Crippen molar-refractivity contribution in [2.24, 2.45) is 0 Å². The molecule has 1 aliphatic heterocycles. The number of benzene rings is 1. The van der Waals surface area contributed by atoms with Crippen LogP contribution >= 0.6 is 12.4 Å². The molecule has 1 N–H and O–H groups in total. The summed E-state index contributed by atoms with van der Waals surface area (Å²) in [5, 5.41) is 18.3. The molecule has 3 rings (SSSR count). The summed E-state index contributed by atoms with van der Waals surface area (Å²) in [6.07, 6.45) is 0. The predicted octanol–water partition coefficient (Wildman–Crippen LogP) is 1.95. The van der Waals surface area contributed by atoms with Crippen molar-refractivity contribution in [2.45, 2.75) is 13.0 Å². The van der Waals surface area contributed by atoms with E-state index in [4.69, 9.17) is 4.52 Å². The number of hydrogen-bond donors (Lipinski definition) is 1. The number of likely N-dealkylation sites (N-methyl/N-ethyl adjacent to an activating group) is 1. The smallest absolute Gasteiger partial charge is 0.270 e. The molecule has 1 aromatic carbocycles. The van der Waals surface area contributed by atoms with Crippen LogP contribution in [-0.4, -0.2) is 46.6 Å². The van der Waals surface area contributed by atoms with Crippen LogP contribution in [0, 0.1) is 17.0 Å². The Morgan fingerprint density at radius 2 is 2.22 bits per heavy atom. The molecule has 124 valence electrons. The maximum absolute atomic E-state index is 11.0. The number of piperazine rings is 1. The SMILES string of the molecule is Cc1cc(-c2nc(C3CNCCN3C)no2)cc([N+](=O)[O-])c1.Cl. The van der Waals surface area contributed by atoms with E-state index in [-0.39, 0.29) is 24.1 Å². The first-order valence-corrected chi connectivity index (χ1v) is 7.05. The van der Waals surface area contributed by atoms with Gasteiger partial charge < -0.3 is 9.84 Å². The molecular formula is C14H18ClN5O3. The van der Waals surface area contributed by atoms with Gasteiger partial charge in [0.05, 0.1) is 11.0 Å². The van der Waals surface area contributed by atoms with Gasteiger partial charge in [0.1, 0.15) is 0 Å². The Bertz CT molecular complexity index is 705. The van der Waals surface area contributed by atoms with Crippen molar-refractivity contribution in [1.82, 2.24) is 20.4 Å². The highest BCUT2D eigenvalue weighted by Gasteiger charge is 2.25. The molecule has 0 saturated carbocycles. The van der Waals surface area contributed by atoms with E-state index < -0.39 is 4.92 Å². The molecule has 2 heterocycles. The second kappa shape index (κ2) is 7.03. The van der Waals surface area contributed by atoms with E-state index in [1.54, 1.807) is 13.0 Å². The van der Waals surface area contributed by atoms with Gasteiger partial charge >= 0.3 is 0 Å². The molecule has 8 nitrogen and oxygen atoms in total. The lowest BCUT2D eigenvalue weighted by Crippen LogP contribution is -2.44. The summed E-state index contributed by atoms with van der Waals surface area (Å²) in [6, 6.07) is 4.81. The first-order valence-electron chi connectivity index (χ1n) is 7.05. The highest BCUT2D eigenvalue weighted by molar-refractivity contribution is 5.85. The Morgan fingerprint density at radius 1 is 1.43 bits per heavy atom. The van der Waals surface area contributed by atoms with Crippen LogP contribution in [0.4, 0.5) is 5.69 Å². The Balaban J connectivity index is 0.00000192. The molecule has 23 heavy (non-hydrogen) atoms. The van der Waals surface area contributed by atoms with Crippen LogP contribution in [0.2, 0.25) is 0 Å². The molecule has 1 saturated heterocycles. The monoisotopic (exact) mass is 339 g/mol. The van der Waals surface area contributed by atoms with Gasteiger partial charge in [-0.05, 0) is 25.6 Å². The van der Waals surface area contributed by atoms with Crippen LogP contribution < -0.4 is 5.32 Å². The number of nitro benzene ring substituents is 1. The molecule has 1 aromatic heterocycles. The summed E-state index contributed by atoms with van der Waals surface area (Å²) >= 11 is 0. The van der Waals surface area contributed by atoms with Crippen molar-refractivity contribution in [1.29, 1.82) is 0 Å². The van der Waals surface area contributed by atoms with E-state index in [9.17, 15) is 10.1 Å². The van der Waals surface area contributed by atoms with E-state index in [0.717, 1.165) is 25.2 Å². The maximum Gasteiger partial charge on any atom is 0.270 e. The molecular weight excluding hydrogens is 322 g/mol. The van der Waals surface area contributed by atoms with Crippen molar-refractivity contribution >= 4 is 18.1 Å². The van der Waals surface area contributed by atoms with Crippen molar-refractivity contribution in [3.63, 3.8) is 0 Å². The number of halogens is 1. The number of nitrogens with zero attached hydrogens (tertiary/aromatic N) is 4. The Labute approximate surface area is 139 Å². The number of nitrogens with one attached hydrogen (secondary N) is 1. The lowest BCUT2D eigenvalue weighted by atomic mass is 10.1. The number of aryl methyl sites for hydroxylation is 1. The van der Waals surface area contributed by atoms with Crippen molar-refractivity contribution in [3.05, 3.63) is 39.7 Å². The van der Waals surface area contributed by atoms with Gasteiger partial charge in [-0.25, -0.2) is 0 Å². The zero-order valence-corrected chi connectivity index (χ0v) is 13.7. The minimum absolute atomic E-state index is 0. The molecule has 1 fully saturated rings. The molecule has 0 spiro atoms. The number of non-ortho nitro benzene ring substituents is 1. The normalized spacial score (nSPS) is 18.4. The molecule has 9 heteroatoms. The number of rotatable bonds is 3. The zero-order chi connectivity index (χ0) is 15.7. The lowest BCUT2D eigenvalue weighted by Gasteiger charge is -2.30. The molecule has 0 radical (unpaired) electrons. The fraction of sp³-hybridized carbons (Fsp3) is 0.429. The summed E-state index contributed by atoms with van der Waals surface area (Å²) in [5.74, 6) is 0.898. The Hall–Kier alpha value is -2.03. The summed E-state index contributed by atoms with van der Waals surface area (Å²) < 4.78 is 5.30. The van der Waals surface area contributed by atoms with Crippen molar-refractivity contribution in [3.8, 4) is 11.5 Å². The summed E-state index contributed by atoms with van der Waals surface area (Å²) in [6.45, 7) is 4.39. The van der Waals surface area contributed by atoms with Crippen LogP contribution in [-0.2, 0) is 0 Å². The topological polar surface area (TPSA) is 97.3 Å². The van der Waals surface area contributed by atoms with Crippen molar-refractivity contribution in [2.75, 3.05) is 26.7 Å². The average Bonchev–Trinajstić information content (AvgIpc) is 2.96. The molecule has 1 unspecified atom stereocenters. The van der Waals surface area contributed by atoms with Crippen LogP contribution in [0.3, 0.4) is 0 Å². The standard InChI is InChI=1S/C14H17N5O3.ClH/c1-9-5-10(7-11(6-9)19(20)21)14-16-13(17-22-14)12-8-15-3-4-18(12)2;/h5-7,12,15H,3-4,8H2,1-2H3;1H. The minimum atomic E-state index is -0.424. The van der Waals surface area contributed by atoms with Gasteiger partial charge in [-0.2, -0.15) is 4.98 Å². The van der Waals surface area contributed by atoms with Crippen LogP contribution in [0.1, 0.15) is 17.4 Å². The minimum Gasteiger partial charge on any atom is -0.334 e. The molecule has 0 bridgehead atoms. The van der Waals surface area contributed by atoms with Gasteiger partial charge in [0.15, 0.2) is 5.82 Å². The third-order valence-corrected chi connectivity index (χ3v) is 3.77. The van der Waals surface area contributed by atoms with Gasteiger partial charge in [-0.3, -0.25) is 15.0 Å². The van der Waals surface area contributed by atoms with Gasteiger partial charge in [-0.15, -0.1) is 12.4 Å². The van der Waals surface area contributed by atoms with Crippen LogP contribution in [0.25, 0.3) is 11.5 Å². The summed E-state index contributed by atoms with van der Waals surface area (Å²) in [4.78, 5) is 17.1. The number of hydrogen-bond acceptors (Lipinski definition) is 7. The van der Waals surface area contributed by atoms with Crippen LogP contribution in [0.15, 0.2) is 22.7 Å². The van der Waals surface area contributed by atoms with E-state index in [2.05, 4.69) is 20.4 Å². The first kappa shape index (κ1) is 17.3. The highest BCUT2D eigenvalue weighted by atomic mass is 35.5. The van der Waals surface area contributed by atoms with Gasteiger partial charge in [0.25, 0.3) is 11.6 Å². The van der Waals surface area contributed by atoms with E-state index in [1.165, 1.54) is 12.1 Å². The highest BCUT2D eigenvalue weighted by Crippen LogP contribution is 2.26. The maximum atomic E-state index is 11.0. The second-order valence-electron chi connectivity index (χ2n) is 5.47. The Morgan fingerprint density at radius 3 is 2.91 bits per heavy atom. The van der Waals surface area contributed by atoms with Gasteiger partial charge in [-0.1, -0.05) is 5.16 Å². The molecule has 1 atom stereocenters. The third-order valence-electron chi connectivity index (χ3n) is 3.77. The molecule has 1 aliphatic rings. The predicted molar refractivity (Wildman–Crippen MR) is 86.6 cm³/mol. The number of aromatic nitrogens is 2. The molecule has 0 amide bonds. The summed E-state index contributed by atoms with van der Waals surface area (Å²) in [7, 11) is 2.01. The van der Waals surface area contributed by atoms with Gasteiger partial charge in [0, 0.05) is 37.3 Å². The van der Waals surface area contributed by atoms with E-state index in [0.29, 0.717) is 17.3 Å². The zero-order valence-electron chi connectivity index (χ0n) is 12.9. The fourth-order valence-corrected chi connectivity index (χ4v) is 2.57. The average molecular weight is 340 g/mol. The quantitative estimate of drug-likeness (QED) is 0.674. The van der Waals surface area contributed by atoms with E-state index >= 15 is 0 Å². The largest absolute Gasteiger partial charge is 0.334 e.